The van der Waals surface area contributed by atoms with Gasteiger partial charge < -0.3 is 10.1 Å². The van der Waals surface area contributed by atoms with Crippen LogP contribution in [-0.2, 0) is 0 Å². The van der Waals surface area contributed by atoms with Crippen molar-refractivity contribution in [2.45, 2.75) is 26.3 Å². The van der Waals surface area contributed by atoms with Gasteiger partial charge >= 0.3 is 0 Å². The third-order valence-corrected chi connectivity index (χ3v) is 2.12. The van der Waals surface area contributed by atoms with E-state index in [-0.39, 0.29) is 0 Å². The van der Waals surface area contributed by atoms with Gasteiger partial charge in [-0.15, -0.1) is 0 Å². The third kappa shape index (κ3) is 2.98. The largest absolute Gasteiger partial charge is 0.497 e. The number of benzene rings is 1. The van der Waals surface area contributed by atoms with Crippen molar-refractivity contribution in [3.05, 3.63) is 24.3 Å². The lowest BCUT2D eigenvalue weighted by molar-refractivity contribution is 0.415. The third-order valence-electron chi connectivity index (χ3n) is 2.12. The molecule has 0 bridgehead atoms. The summed E-state index contributed by atoms with van der Waals surface area (Å²) in [7, 11) is 1.68. The number of hydrogen-bond donors (Lipinski definition) is 1. The summed E-state index contributed by atoms with van der Waals surface area (Å²) >= 11 is 0. The van der Waals surface area contributed by atoms with Gasteiger partial charge in [0.05, 0.1) is 7.11 Å². The Morgan fingerprint density at radius 3 is 2.38 bits per heavy atom. The molecule has 1 aromatic carbocycles. The standard InChI is InChI=1S/C11H17NO/c1-4-9(2)12-10-5-7-11(13-3)8-6-10/h5-9,12H,4H2,1-3H3/t9-/m1/s1. The molecule has 0 aliphatic carbocycles. The molecule has 0 heterocycles. The summed E-state index contributed by atoms with van der Waals surface area (Å²) in [5, 5.41) is 3.39. The van der Waals surface area contributed by atoms with Crippen molar-refractivity contribution in [2.75, 3.05) is 12.4 Å². The summed E-state index contributed by atoms with van der Waals surface area (Å²) in [6, 6.07) is 8.51. The molecule has 2 heteroatoms. The van der Waals surface area contributed by atoms with Crippen LogP contribution in [0.4, 0.5) is 5.69 Å². The van der Waals surface area contributed by atoms with E-state index < -0.39 is 0 Å². The highest BCUT2D eigenvalue weighted by Crippen LogP contribution is 2.15. The van der Waals surface area contributed by atoms with E-state index in [2.05, 4.69) is 19.2 Å². The lowest BCUT2D eigenvalue weighted by Crippen LogP contribution is -2.12. The van der Waals surface area contributed by atoms with E-state index in [0.29, 0.717) is 6.04 Å². The lowest BCUT2D eigenvalue weighted by Gasteiger charge is -2.12. The van der Waals surface area contributed by atoms with Crippen LogP contribution in [0.1, 0.15) is 20.3 Å². The molecule has 0 saturated heterocycles. The molecule has 1 N–H and O–H groups in total. The van der Waals surface area contributed by atoms with E-state index in [4.69, 9.17) is 4.74 Å². The smallest absolute Gasteiger partial charge is 0.119 e. The normalized spacial score (nSPS) is 12.2. The molecule has 0 unspecified atom stereocenters. The molecule has 1 aromatic rings. The Balaban J connectivity index is 2.58. The second-order valence-electron chi connectivity index (χ2n) is 3.18. The van der Waals surface area contributed by atoms with Crippen LogP contribution in [0.25, 0.3) is 0 Å². The Bertz CT molecular complexity index is 243. The van der Waals surface area contributed by atoms with Crippen molar-refractivity contribution in [1.82, 2.24) is 0 Å². The molecular formula is C11H17NO. The monoisotopic (exact) mass is 179 g/mol. The van der Waals surface area contributed by atoms with Crippen LogP contribution in [0.3, 0.4) is 0 Å². The van der Waals surface area contributed by atoms with Gasteiger partial charge in [-0.3, -0.25) is 0 Å². The Kier molecular flexibility index (Phi) is 3.62. The molecule has 0 aromatic heterocycles. The molecule has 0 amide bonds. The summed E-state index contributed by atoms with van der Waals surface area (Å²) in [5.74, 6) is 0.898. The molecule has 0 fully saturated rings. The molecule has 13 heavy (non-hydrogen) atoms. The number of anilines is 1. The Morgan fingerprint density at radius 2 is 1.92 bits per heavy atom. The zero-order chi connectivity index (χ0) is 9.68. The van der Waals surface area contributed by atoms with E-state index in [0.717, 1.165) is 17.9 Å². The first-order valence-corrected chi connectivity index (χ1v) is 4.67. The minimum atomic E-state index is 0.522. The first-order valence-electron chi connectivity index (χ1n) is 4.67. The zero-order valence-electron chi connectivity index (χ0n) is 8.50. The minimum absolute atomic E-state index is 0.522. The molecule has 1 rings (SSSR count). The fourth-order valence-electron chi connectivity index (χ4n) is 1.07. The summed E-state index contributed by atoms with van der Waals surface area (Å²) < 4.78 is 5.07. The Morgan fingerprint density at radius 1 is 1.31 bits per heavy atom. The van der Waals surface area contributed by atoms with Crippen molar-refractivity contribution in [1.29, 1.82) is 0 Å². The molecule has 72 valence electrons. The fourth-order valence-corrected chi connectivity index (χ4v) is 1.07. The molecule has 1 atom stereocenters. The van der Waals surface area contributed by atoms with Crippen LogP contribution < -0.4 is 10.1 Å². The second-order valence-corrected chi connectivity index (χ2v) is 3.18. The molecule has 0 radical (unpaired) electrons. The SMILES string of the molecule is CC[C@@H](C)Nc1ccc(OC)cc1. The van der Waals surface area contributed by atoms with Crippen LogP contribution in [-0.4, -0.2) is 13.2 Å². The molecule has 0 aliphatic heterocycles. The molecule has 0 spiro atoms. The summed E-state index contributed by atoms with van der Waals surface area (Å²) in [5.41, 5.74) is 1.15. The highest BCUT2D eigenvalue weighted by Gasteiger charge is 1.98. The minimum Gasteiger partial charge on any atom is -0.497 e. The van der Waals surface area contributed by atoms with Gasteiger partial charge in [0.15, 0.2) is 0 Å². The van der Waals surface area contributed by atoms with Crippen molar-refractivity contribution in [2.24, 2.45) is 0 Å². The van der Waals surface area contributed by atoms with Gasteiger partial charge in [-0.1, -0.05) is 6.92 Å². The lowest BCUT2D eigenvalue weighted by atomic mass is 10.2. The van der Waals surface area contributed by atoms with Gasteiger partial charge in [-0.25, -0.2) is 0 Å². The van der Waals surface area contributed by atoms with Crippen molar-refractivity contribution >= 4 is 5.69 Å². The van der Waals surface area contributed by atoms with Gasteiger partial charge in [-0.05, 0) is 37.6 Å². The summed E-state index contributed by atoms with van der Waals surface area (Å²) in [6.07, 6.45) is 1.13. The number of nitrogens with one attached hydrogen (secondary N) is 1. The van der Waals surface area contributed by atoms with Crippen molar-refractivity contribution < 1.29 is 4.74 Å². The maximum absolute atomic E-state index is 5.07. The van der Waals surface area contributed by atoms with Gasteiger partial charge in [0.1, 0.15) is 5.75 Å². The Labute approximate surface area is 79.9 Å². The zero-order valence-corrected chi connectivity index (χ0v) is 8.50. The van der Waals surface area contributed by atoms with E-state index in [1.807, 2.05) is 24.3 Å². The van der Waals surface area contributed by atoms with Crippen LogP contribution in [0.2, 0.25) is 0 Å². The van der Waals surface area contributed by atoms with Crippen LogP contribution in [0, 0.1) is 0 Å². The van der Waals surface area contributed by atoms with Gasteiger partial charge in [-0.2, -0.15) is 0 Å². The van der Waals surface area contributed by atoms with Gasteiger partial charge in [0, 0.05) is 11.7 Å². The average Bonchev–Trinajstić information content (AvgIpc) is 2.19. The van der Waals surface area contributed by atoms with Crippen molar-refractivity contribution in [3.63, 3.8) is 0 Å². The number of methoxy groups -OCH3 is 1. The summed E-state index contributed by atoms with van der Waals surface area (Å²) in [4.78, 5) is 0. The number of rotatable bonds is 4. The second kappa shape index (κ2) is 4.75. The predicted octanol–water partition coefficient (Wildman–Crippen LogP) is 2.91. The first kappa shape index (κ1) is 9.90. The predicted molar refractivity (Wildman–Crippen MR) is 56.4 cm³/mol. The van der Waals surface area contributed by atoms with E-state index in [9.17, 15) is 0 Å². The maximum Gasteiger partial charge on any atom is 0.119 e. The highest BCUT2D eigenvalue weighted by molar-refractivity contribution is 5.46. The van der Waals surface area contributed by atoms with E-state index in [1.165, 1.54) is 0 Å². The van der Waals surface area contributed by atoms with Crippen LogP contribution in [0.15, 0.2) is 24.3 Å². The average molecular weight is 179 g/mol. The molecule has 0 aliphatic rings. The maximum atomic E-state index is 5.07. The van der Waals surface area contributed by atoms with Crippen LogP contribution >= 0.6 is 0 Å². The van der Waals surface area contributed by atoms with Gasteiger partial charge in [0.2, 0.25) is 0 Å². The van der Waals surface area contributed by atoms with E-state index >= 15 is 0 Å². The molecule has 0 saturated carbocycles. The van der Waals surface area contributed by atoms with Crippen molar-refractivity contribution in [3.8, 4) is 5.75 Å². The summed E-state index contributed by atoms with van der Waals surface area (Å²) in [6.45, 7) is 4.34. The Hall–Kier alpha value is -1.18. The van der Waals surface area contributed by atoms with Gasteiger partial charge in [0.25, 0.3) is 0 Å². The fraction of sp³-hybridized carbons (Fsp3) is 0.455. The quantitative estimate of drug-likeness (QED) is 0.767. The number of hydrogen-bond acceptors (Lipinski definition) is 2. The molecule has 2 nitrogen and oxygen atoms in total. The highest BCUT2D eigenvalue weighted by atomic mass is 16.5. The van der Waals surface area contributed by atoms with E-state index in [1.54, 1.807) is 7.11 Å². The topological polar surface area (TPSA) is 21.3 Å². The van der Waals surface area contributed by atoms with Crippen LogP contribution in [0.5, 0.6) is 5.75 Å². The molecular weight excluding hydrogens is 162 g/mol. The first-order chi connectivity index (χ1) is 6.26. The number of ether oxygens (including phenoxy) is 1.